The summed E-state index contributed by atoms with van der Waals surface area (Å²) in [4.78, 5) is 8.26. The summed E-state index contributed by atoms with van der Waals surface area (Å²) in [6, 6.07) is 0. The van der Waals surface area contributed by atoms with Crippen LogP contribution in [0.2, 0.25) is 0 Å². The van der Waals surface area contributed by atoms with E-state index in [1.807, 2.05) is 19.3 Å². The molecular formula is C8H10N2. The number of hydrogen-bond donors (Lipinski definition) is 0. The third kappa shape index (κ3) is 1.01. The third-order valence-electron chi connectivity index (χ3n) is 1.85. The minimum atomic E-state index is 0.778. The molecule has 0 atom stereocenters. The van der Waals surface area contributed by atoms with Gasteiger partial charge < -0.3 is 0 Å². The summed E-state index contributed by atoms with van der Waals surface area (Å²) in [6.45, 7) is 1.91. The van der Waals surface area contributed by atoms with Crippen molar-refractivity contribution in [3.05, 3.63) is 23.8 Å². The van der Waals surface area contributed by atoms with Crippen LogP contribution >= 0.6 is 0 Å². The van der Waals surface area contributed by atoms with E-state index in [1.54, 1.807) is 0 Å². The van der Waals surface area contributed by atoms with Gasteiger partial charge in [-0.15, -0.1) is 0 Å². The molecule has 0 N–H and O–H groups in total. The van der Waals surface area contributed by atoms with Crippen molar-refractivity contribution in [3.8, 4) is 0 Å². The SMILES string of the molecule is Cc1ncc(C2CC2)cn1. The maximum atomic E-state index is 4.13. The molecule has 1 aromatic heterocycles. The lowest BCUT2D eigenvalue weighted by Crippen LogP contribution is -1.88. The molecule has 1 saturated carbocycles. The van der Waals surface area contributed by atoms with Crippen LogP contribution in [-0.4, -0.2) is 9.97 Å². The standard InChI is InChI=1S/C8H10N2/c1-6-9-4-8(5-10-6)7-2-3-7/h4-5,7H,2-3H2,1H3. The molecule has 2 rings (SSSR count). The Kier molecular flexibility index (Phi) is 1.19. The predicted octanol–water partition coefficient (Wildman–Crippen LogP) is 1.66. The maximum Gasteiger partial charge on any atom is 0.125 e. The van der Waals surface area contributed by atoms with Crippen LogP contribution in [0.4, 0.5) is 0 Å². The molecule has 0 radical (unpaired) electrons. The van der Waals surface area contributed by atoms with Crippen LogP contribution in [0.15, 0.2) is 12.4 Å². The summed E-state index contributed by atoms with van der Waals surface area (Å²) < 4.78 is 0. The fraction of sp³-hybridized carbons (Fsp3) is 0.500. The smallest absolute Gasteiger partial charge is 0.125 e. The highest BCUT2D eigenvalue weighted by Crippen LogP contribution is 2.39. The molecule has 1 aliphatic rings. The van der Waals surface area contributed by atoms with Crippen molar-refractivity contribution in [2.75, 3.05) is 0 Å². The van der Waals surface area contributed by atoms with Gasteiger partial charge in [-0.3, -0.25) is 0 Å². The Morgan fingerprint density at radius 3 is 2.40 bits per heavy atom. The summed E-state index contributed by atoms with van der Waals surface area (Å²) in [5.74, 6) is 1.64. The summed E-state index contributed by atoms with van der Waals surface area (Å²) in [7, 11) is 0. The zero-order valence-electron chi connectivity index (χ0n) is 6.04. The van der Waals surface area contributed by atoms with Crippen LogP contribution in [0.25, 0.3) is 0 Å². The molecule has 0 aromatic carbocycles. The first kappa shape index (κ1) is 5.83. The minimum Gasteiger partial charge on any atom is -0.241 e. The molecule has 1 aliphatic carbocycles. The van der Waals surface area contributed by atoms with Crippen molar-refractivity contribution in [2.45, 2.75) is 25.7 Å². The number of hydrogen-bond acceptors (Lipinski definition) is 2. The van der Waals surface area contributed by atoms with Crippen molar-refractivity contribution in [1.82, 2.24) is 9.97 Å². The average Bonchev–Trinajstić information content (AvgIpc) is 2.71. The van der Waals surface area contributed by atoms with Gasteiger partial charge in [0, 0.05) is 12.4 Å². The second-order valence-corrected chi connectivity index (χ2v) is 2.84. The molecule has 0 saturated heterocycles. The molecule has 0 bridgehead atoms. The second-order valence-electron chi connectivity index (χ2n) is 2.84. The Bertz CT molecular complexity index is 224. The summed E-state index contributed by atoms with van der Waals surface area (Å²) in [6.07, 6.45) is 6.54. The van der Waals surface area contributed by atoms with Crippen LogP contribution in [0, 0.1) is 6.92 Å². The maximum absolute atomic E-state index is 4.13. The lowest BCUT2D eigenvalue weighted by molar-refractivity contribution is 0.983. The van der Waals surface area contributed by atoms with Crippen LogP contribution in [0.3, 0.4) is 0 Å². The van der Waals surface area contributed by atoms with E-state index in [4.69, 9.17) is 0 Å². The van der Waals surface area contributed by atoms with E-state index >= 15 is 0 Å². The molecule has 1 fully saturated rings. The molecule has 0 aliphatic heterocycles. The molecule has 2 nitrogen and oxygen atoms in total. The van der Waals surface area contributed by atoms with E-state index in [2.05, 4.69) is 9.97 Å². The molecule has 0 spiro atoms. The highest BCUT2D eigenvalue weighted by Gasteiger charge is 2.23. The van der Waals surface area contributed by atoms with Gasteiger partial charge in [0.1, 0.15) is 5.82 Å². The van der Waals surface area contributed by atoms with E-state index in [0.29, 0.717) is 0 Å². The summed E-state index contributed by atoms with van der Waals surface area (Å²) in [5, 5.41) is 0. The van der Waals surface area contributed by atoms with E-state index < -0.39 is 0 Å². The van der Waals surface area contributed by atoms with Gasteiger partial charge in [0.15, 0.2) is 0 Å². The Labute approximate surface area is 60.3 Å². The van der Waals surface area contributed by atoms with Crippen molar-refractivity contribution in [1.29, 1.82) is 0 Å². The van der Waals surface area contributed by atoms with Gasteiger partial charge in [0.05, 0.1) is 0 Å². The normalized spacial score (nSPS) is 17.3. The van der Waals surface area contributed by atoms with Crippen molar-refractivity contribution in [3.63, 3.8) is 0 Å². The highest BCUT2D eigenvalue weighted by atomic mass is 14.8. The van der Waals surface area contributed by atoms with Crippen LogP contribution in [0.5, 0.6) is 0 Å². The number of rotatable bonds is 1. The molecular weight excluding hydrogens is 124 g/mol. The first-order valence-corrected chi connectivity index (χ1v) is 3.65. The monoisotopic (exact) mass is 134 g/mol. The third-order valence-corrected chi connectivity index (χ3v) is 1.85. The largest absolute Gasteiger partial charge is 0.241 e. The topological polar surface area (TPSA) is 25.8 Å². The molecule has 10 heavy (non-hydrogen) atoms. The highest BCUT2D eigenvalue weighted by molar-refractivity contribution is 5.16. The van der Waals surface area contributed by atoms with Crippen molar-refractivity contribution >= 4 is 0 Å². The fourth-order valence-corrected chi connectivity index (χ4v) is 1.03. The van der Waals surface area contributed by atoms with Gasteiger partial charge in [-0.1, -0.05) is 0 Å². The lowest BCUT2D eigenvalue weighted by atomic mass is 10.2. The Hall–Kier alpha value is -0.920. The second kappa shape index (κ2) is 2.04. The minimum absolute atomic E-state index is 0.778. The van der Waals surface area contributed by atoms with E-state index in [9.17, 15) is 0 Å². The van der Waals surface area contributed by atoms with E-state index in [-0.39, 0.29) is 0 Å². The van der Waals surface area contributed by atoms with Crippen LogP contribution in [0.1, 0.15) is 30.1 Å². The average molecular weight is 134 g/mol. The van der Waals surface area contributed by atoms with Gasteiger partial charge in [-0.25, -0.2) is 9.97 Å². The summed E-state index contributed by atoms with van der Waals surface area (Å²) >= 11 is 0. The number of nitrogens with zero attached hydrogens (tertiary/aromatic N) is 2. The summed E-state index contributed by atoms with van der Waals surface area (Å²) in [5.41, 5.74) is 1.31. The van der Waals surface area contributed by atoms with Gasteiger partial charge in [0.25, 0.3) is 0 Å². The molecule has 1 heterocycles. The zero-order chi connectivity index (χ0) is 6.97. The fourth-order valence-electron chi connectivity index (χ4n) is 1.03. The van der Waals surface area contributed by atoms with Crippen molar-refractivity contribution in [2.24, 2.45) is 0 Å². The Morgan fingerprint density at radius 1 is 1.30 bits per heavy atom. The van der Waals surface area contributed by atoms with Gasteiger partial charge in [-0.2, -0.15) is 0 Å². The van der Waals surface area contributed by atoms with Gasteiger partial charge >= 0.3 is 0 Å². The van der Waals surface area contributed by atoms with Gasteiger partial charge in [0.2, 0.25) is 0 Å². The lowest BCUT2D eigenvalue weighted by Gasteiger charge is -1.94. The number of aromatic nitrogens is 2. The first-order chi connectivity index (χ1) is 4.86. The van der Waals surface area contributed by atoms with Crippen LogP contribution in [-0.2, 0) is 0 Å². The quantitative estimate of drug-likeness (QED) is 0.583. The number of aryl methyl sites for hydroxylation is 1. The molecule has 1 aromatic rings. The molecule has 52 valence electrons. The van der Waals surface area contributed by atoms with Gasteiger partial charge in [-0.05, 0) is 31.2 Å². The predicted molar refractivity (Wildman–Crippen MR) is 38.7 cm³/mol. The molecule has 0 amide bonds. The Morgan fingerprint density at radius 2 is 1.90 bits per heavy atom. The molecule has 2 heteroatoms. The van der Waals surface area contributed by atoms with E-state index in [0.717, 1.165) is 11.7 Å². The van der Waals surface area contributed by atoms with Crippen molar-refractivity contribution < 1.29 is 0 Å². The first-order valence-electron chi connectivity index (χ1n) is 3.65. The molecule has 0 unspecified atom stereocenters. The van der Waals surface area contributed by atoms with Crippen LogP contribution < -0.4 is 0 Å². The van der Waals surface area contributed by atoms with E-state index in [1.165, 1.54) is 18.4 Å². The zero-order valence-corrected chi connectivity index (χ0v) is 6.04. The Balaban J connectivity index is 2.28.